The molecule has 1 saturated heterocycles. The molecule has 1 fully saturated rings. The van der Waals surface area contributed by atoms with Crippen molar-refractivity contribution >= 4 is 74.5 Å². The first-order valence-corrected chi connectivity index (χ1v) is 16.6. The molecule has 14 heteroatoms. The second-order valence-electron chi connectivity index (χ2n) is 9.21. The number of nitrogens with zero attached hydrogens (tertiary/aromatic N) is 4. The highest BCUT2D eigenvalue weighted by molar-refractivity contribution is 14.1. The number of nitrogen functional groups attached to an aromatic ring is 1. The average Bonchev–Trinajstić information content (AvgIpc) is 3.47. The summed E-state index contributed by atoms with van der Waals surface area (Å²) in [7, 11) is 0. The standard InChI is InChI=1S/C29H27IN6O5S2/c1-2-40-34-20(24-33-29(31)43-35-24)25(37)32-21-26(38)36-22(19(14-9-15-30)16-42-27(21)36)28(39)41-23(17-10-5-3-6-11-17)18-12-7-4-8-13-18/h3-14,21,23,27H,2,15-16H2,1H3,(H,32,37)(H2,31,33,35)/b14-9+,34-20+/t21?,27-/m1/s1. The van der Waals surface area contributed by atoms with Crippen LogP contribution >= 0.6 is 45.9 Å². The number of anilines is 1. The van der Waals surface area contributed by atoms with Crippen molar-refractivity contribution in [3.8, 4) is 0 Å². The van der Waals surface area contributed by atoms with Crippen LogP contribution in [-0.4, -0.2) is 66.0 Å². The number of halogens is 1. The maximum absolute atomic E-state index is 13.9. The molecule has 2 aliphatic rings. The highest BCUT2D eigenvalue weighted by atomic mass is 127. The highest BCUT2D eigenvalue weighted by Crippen LogP contribution is 2.42. The SMILES string of the molecule is CCO/N=C(/C(=O)NC1C(=O)N2C(C(=O)OC(c3ccccc3)c3ccccc3)=C(/C=C/CI)CS[C@H]12)c1nsc(N)n1. The zero-order chi connectivity index (χ0) is 30.3. The van der Waals surface area contributed by atoms with Crippen LogP contribution in [0.2, 0.25) is 0 Å². The molecule has 2 aliphatic heterocycles. The quantitative estimate of drug-likeness (QED) is 0.0750. The summed E-state index contributed by atoms with van der Waals surface area (Å²) in [4.78, 5) is 51.3. The van der Waals surface area contributed by atoms with Crippen molar-refractivity contribution in [2.45, 2.75) is 24.4 Å². The van der Waals surface area contributed by atoms with Gasteiger partial charge in [0.1, 0.15) is 23.7 Å². The lowest BCUT2D eigenvalue weighted by molar-refractivity contribution is -0.154. The van der Waals surface area contributed by atoms with Crippen LogP contribution in [0.25, 0.3) is 0 Å². The monoisotopic (exact) mass is 730 g/mol. The second kappa shape index (κ2) is 14.1. The smallest absolute Gasteiger partial charge is 0.356 e. The Balaban J connectivity index is 1.41. The van der Waals surface area contributed by atoms with Crippen molar-refractivity contribution in [2.24, 2.45) is 5.16 Å². The molecule has 3 aromatic rings. The summed E-state index contributed by atoms with van der Waals surface area (Å²) in [6.07, 6.45) is 3.08. The minimum atomic E-state index is -0.919. The third-order valence-electron chi connectivity index (χ3n) is 6.47. The minimum Gasteiger partial charge on any atom is -0.448 e. The van der Waals surface area contributed by atoms with Crippen molar-refractivity contribution in [2.75, 3.05) is 22.5 Å². The summed E-state index contributed by atoms with van der Waals surface area (Å²) in [5.74, 6) is -1.34. The number of esters is 1. The summed E-state index contributed by atoms with van der Waals surface area (Å²) >= 11 is 4.56. The molecule has 1 unspecified atom stereocenters. The number of thioether (sulfide) groups is 1. The van der Waals surface area contributed by atoms with Crippen molar-refractivity contribution in [3.63, 3.8) is 0 Å². The normalized spacial score (nSPS) is 18.4. The zero-order valence-corrected chi connectivity index (χ0v) is 26.7. The van der Waals surface area contributed by atoms with E-state index < -0.39 is 35.3 Å². The first-order chi connectivity index (χ1) is 20.9. The second-order valence-corrected chi connectivity index (χ2v) is 12.0. The number of aromatic nitrogens is 2. The molecular formula is C29H27IN6O5S2. The van der Waals surface area contributed by atoms with Gasteiger partial charge >= 0.3 is 5.97 Å². The molecule has 2 aromatic carbocycles. The van der Waals surface area contributed by atoms with Gasteiger partial charge in [0.2, 0.25) is 11.5 Å². The van der Waals surface area contributed by atoms with E-state index in [1.165, 1.54) is 16.7 Å². The van der Waals surface area contributed by atoms with Gasteiger partial charge in [-0.1, -0.05) is 101 Å². The van der Waals surface area contributed by atoms with Gasteiger partial charge < -0.3 is 20.6 Å². The molecule has 0 aliphatic carbocycles. The Bertz CT molecular complexity index is 1540. The number of amides is 2. The number of ether oxygens (including phenoxy) is 1. The molecule has 0 bridgehead atoms. The molecule has 3 heterocycles. The van der Waals surface area contributed by atoms with Gasteiger partial charge in [-0.2, -0.15) is 9.36 Å². The third kappa shape index (κ3) is 6.75. The molecule has 3 N–H and O–H groups in total. The number of hydrogen-bond acceptors (Lipinski definition) is 11. The first-order valence-electron chi connectivity index (χ1n) is 13.2. The van der Waals surface area contributed by atoms with Gasteiger partial charge in [0.15, 0.2) is 11.2 Å². The Morgan fingerprint density at radius 3 is 2.44 bits per heavy atom. The van der Waals surface area contributed by atoms with Gasteiger partial charge in [-0.3, -0.25) is 14.5 Å². The van der Waals surface area contributed by atoms with Crippen LogP contribution in [0.1, 0.15) is 30.0 Å². The van der Waals surface area contributed by atoms with E-state index in [1.807, 2.05) is 72.8 Å². The van der Waals surface area contributed by atoms with Gasteiger partial charge in [0.05, 0.1) is 0 Å². The number of allylic oxidation sites excluding steroid dienone is 2. The Hall–Kier alpha value is -3.76. The average molecular weight is 731 g/mol. The molecule has 43 heavy (non-hydrogen) atoms. The van der Waals surface area contributed by atoms with Crippen LogP contribution in [0.5, 0.6) is 0 Å². The predicted molar refractivity (Wildman–Crippen MR) is 173 cm³/mol. The summed E-state index contributed by atoms with van der Waals surface area (Å²) in [5.41, 5.74) is 7.92. The van der Waals surface area contributed by atoms with Crippen LogP contribution in [0, 0.1) is 0 Å². The van der Waals surface area contributed by atoms with Crippen molar-refractivity contribution < 1.29 is 24.0 Å². The summed E-state index contributed by atoms with van der Waals surface area (Å²) < 4.78 is 10.9. The lowest BCUT2D eigenvalue weighted by atomic mass is 10.0. The highest BCUT2D eigenvalue weighted by Gasteiger charge is 2.54. The summed E-state index contributed by atoms with van der Waals surface area (Å²) in [5, 5.41) is 6.19. The van der Waals surface area contributed by atoms with Crippen LogP contribution < -0.4 is 11.1 Å². The van der Waals surface area contributed by atoms with E-state index in [0.717, 1.165) is 27.1 Å². The Morgan fingerprint density at radius 1 is 1.19 bits per heavy atom. The number of alkyl halides is 1. The number of nitrogens with one attached hydrogen (secondary N) is 1. The maximum Gasteiger partial charge on any atom is 0.356 e. The fraction of sp³-hybridized carbons (Fsp3) is 0.241. The number of rotatable bonds is 11. The third-order valence-corrected chi connectivity index (χ3v) is 8.82. The number of β-lactam (4-membered cyclic amide) rings is 1. The molecule has 2 amide bonds. The number of fused-ring (bicyclic) bond motifs is 1. The molecule has 1 aromatic heterocycles. The lowest BCUT2D eigenvalue weighted by Gasteiger charge is -2.49. The Morgan fingerprint density at radius 2 is 1.86 bits per heavy atom. The maximum atomic E-state index is 13.9. The Labute approximate surface area is 269 Å². The van der Waals surface area contributed by atoms with Crippen LogP contribution in [0.4, 0.5) is 5.13 Å². The van der Waals surface area contributed by atoms with Crippen LogP contribution in [-0.2, 0) is 24.0 Å². The topological polar surface area (TPSA) is 149 Å². The van der Waals surface area contributed by atoms with E-state index in [4.69, 9.17) is 15.3 Å². The van der Waals surface area contributed by atoms with Gasteiger partial charge in [-0.25, -0.2) is 4.79 Å². The van der Waals surface area contributed by atoms with Crippen molar-refractivity contribution in [3.05, 3.63) is 101 Å². The van der Waals surface area contributed by atoms with E-state index in [0.29, 0.717) is 11.3 Å². The van der Waals surface area contributed by atoms with Crippen LogP contribution in [0.3, 0.4) is 0 Å². The zero-order valence-electron chi connectivity index (χ0n) is 22.9. The van der Waals surface area contributed by atoms with E-state index >= 15 is 0 Å². The number of oxime groups is 1. The van der Waals surface area contributed by atoms with Gasteiger partial charge in [0.25, 0.3) is 11.8 Å². The number of carbonyl (C=O) groups is 3. The molecule has 0 saturated carbocycles. The van der Waals surface area contributed by atoms with Crippen molar-refractivity contribution in [1.29, 1.82) is 0 Å². The summed E-state index contributed by atoms with van der Waals surface area (Å²) in [6.45, 7) is 1.92. The van der Waals surface area contributed by atoms with E-state index in [1.54, 1.807) is 6.92 Å². The fourth-order valence-corrected chi connectivity index (χ4v) is 6.56. The first kappa shape index (κ1) is 30.7. The minimum absolute atomic E-state index is 0.00312. The van der Waals surface area contributed by atoms with E-state index in [9.17, 15) is 14.4 Å². The Kier molecular flexibility index (Phi) is 10.1. The lowest BCUT2D eigenvalue weighted by Crippen LogP contribution is -2.71. The van der Waals surface area contributed by atoms with Gasteiger partial charge in [0, 0.05) is 21.7 Å². The predicted octanol–water partition coefficient (Wildman–Crippen LogP) is 3.84. The molecule has 222 valence electrons. The molecule has 0 spiro atoms. The fourth-order valence-electron chi connectivity index (χ4n) is 4.55. The molecule has 2 atom stereocenters. The van der Waals surface area contributed by atoms with Gasteiger partial charge in [-0.15, -0.1) is 11.8 Å². The molecular weight excluding hydrogens is 703 g/mol. The van der Waals surface area contributed by atoms with Crippen LogP contribution in [0.15, 0.2) is 89.2 Å². The largest absolute Gasteiger partial charge is 0.448 e. The number of nitrogens with two attached hydrogens (primary N) is 1. The van der Waals surface area contributed by atoms with E-state index in [2.05, 4.69) is 42.4 Å². The van der Waals surface area contributed by atoms with Gasteiger partial charge in [-0.05, 0) is 23.6 Å². The molecule has 5 rings (SSSR count). The number of benzene rings is 2. The molecule has 0 radical (unpaired) electrons. The summed E-state index contributed by atoms with van der Waals surface area (Å²) in [6, 6.07) is 17.9. The number of carbonyl (C=O) groups excluding carboxylic acids is 3. The van der Waals surface area contributed by atoms with E-state index in [-0.39, 0.29) is 29.0 Å². The van der Waals surface area contributed by atoms with Crippen molar-refractivity contribution in [1.82, 2.24) is 19.6 Å². The molecule has 11 nitrogen and oxygen atoms in total. The number of hydrogen-bond donors (Lipinski definition) is 2.